The van der Waals surface area contributed by atoms with Crippen molar-refractivity contribution in [1.82, 2.24) is 15.0 Å². The second kappa shape index (κ2) is 12.1. The molecule has 0 bridgehead atoms. The van der Waals surface area contributed by atoms with Crippen molar-refractivity contribution in [2.24, 2.45) is 0 Å². The van der Waals surface area contributed by atoms with Crippen molar-refractivity contribution >= 4 is 39.6 Å². The van der Waals surface area contributed by atoms with Crippen LogP contribution in [0, 0.1) is 0 Å². The first-order valence-corrected chi connectivity index (χ1v) is 12.5. The number of nitrogens with one attached hydrogen (secondary N) is 2. The summed E-state index contributed by atoms with van der Waals surface area (Å²) < 4.78 is 36.6. The summed E-state index contributed by atoms with van der Waals surface area (Å²) in [5, 5.41) is 3.31. The van der Waals surface area contributed by atoms with Crippen LogP contribution in [0.2, 0.25) is 5.02 Å². The molecule has 2 aromatic carbocycles. The van der Waals surface area contributed by atoms with E-state index < -0.39 is 22.1 Å². The van der Waals surface area contributed by atoms with Crippen molar-refractivity contribution in [3.8, 4) is 5.88 Å². The van der Waals surface area contributed by atoms with Crippen LogP contribution in [0.3, 0.4) is 0 Å². The Bertz CT molecular complexity index is 1330. The third kappa shape index (κ3) is 7.52. The zero-order chi connectivity index (χ0) is 26.1. The van der Waals surface area contributed by atoms with Gasteiger partial charge in [-0.15, -0.1) is 0 Å². The first kappa shape index (κ1) is 26.6. The molecule has 36 heavy (non-hydrogen) atoms. The molecule has 1 heterocycles. The highest BCUT2D eigenvalue weighted by Crippen LogP contribution is 2.14. The first-order valence-electron chi connectivity index (χ1n) is 10.7. The number of benzene rings is 2. The van der Waals surface area contributed by atoms with Crippen LogP contribution in [0.15, 0.2) is 71.8 Å². The number of ether oxygens (including phenoxy) is 2. The van der Waals surface area contributed by atoms with Crippen LogP contribution in [0.5, 0.6) is 5.88 Å². The predicted octanol–water partition coefficient (Wildman–Crippen LogP) is 3.36. The van der Waals surface area contributed by atoms with Crippen molar-refractivity contribution in [3.63, 3.8) is 0 Å². The van der Waals surface area contributed by atoms with Crippen molar-refractivity contribution < 1.29 is 32.3 Å². The van der Waals surface area contributed by atoms with Crippen LogP contribution >= 0.6 is 11.6 Å². The standard InChI is InChI=1S/C24H22ClN3O7S/c1-2-34-24(31)35-21-12-7-18(15-27-21)23(30)28-36(32,33)20-10-3-16(4-11-20)13-14-26-22(29)17-5-8-19(25)9-6-17/h3-12,15H,2,13-14H2,1H3,(H,26,29)(H,28,30). The molecule has 188 valence electrons. The number of nitrogens with zero attached hydrogens (tertiary/aromatic N) is 1. The summed E-state index contributed by atoms with van der Waals surface area (Å²) in [6.45, 7) is 2.08. The molecule has 3 aromatic rings. The Hall–Kier alpha value is -3.96. The highest BCUT2D eigenvalue weighted by Gasteiger charge is 2.19. The topological polar surface area (TPSA) is 141 Å². The second-order valence-corrected chi connectivity index (χ2v) is 9.38. The van der Waals surface area contributed by atoms with Gasteiger partial charge in [0.15, 0.2) is 0 Å². The minimum absolute atomic E-state index is 0.0529. The predicted molar refractivity (Wildman–Crippen MR) is 130 cm³/mol. The SMILES string of the molecule is CCOC(=O)Oc1ccc(C(=O)NS(=O)(=O)c2ccc(CCNC(=O)c3ccc(Cl)cc3)cc2)cn1. The fourth-order valence-electron chi connectivity index (χ4n) is 2.91. The molecule has 12 heteroatoms. The van der Waals surface area contributed by atoms with E-state index in [1.54, 1.807) is 43.3 Å². The summed E-state index contributed by atoms with van der Waals surface area (Å²) in [7, 11) is -4.15. The van der Waals surface area contributed by atoms with E-state index in [9.17, 15) is 22.8 Å². The number of rotatable bonds is 9. The molecule has 0 fully saturated rings. The van der Waals surface area contributed by atoms with Gasteiger partial charge in [0.25, 0.3) is 21.8 Å². The van der Waals surface area contributed by atoms with Gasteiger partial charge in [0.1, 0.15) is 0 Å². The average molecular weight is 532 g/mol. The summed E-state index contributed by atoms with van der Waals surface area (Å²) >= 11 is 5.81. The average Bonchev–Trinajstić information content (AvgIpc) is 2.85. The number of halogens is 1. The zero-order valence-corrected chi connectivity index (χ0v) is 20.6. The molecular formula is C24H22ClN3O7S. The van der Waals surface area contributed by atoms with E-state index >= 15 is 0 Å². The number of amides is 2. The minimum atomic E-state index is -4.15. The van der Waals surface area contributed by atoms with Gasteiger partial charge in [0.2, 0.25) is 5.88 Å². The monoisotopic (exact) mass is 531 g/mol. The Morgan fingerprint density at radius 2 is 1.58 bits per heavy atom. The fraction of sp³-hybridized carbons (Fsp3) is 0.167. The van der Waals surface area contributed by atoms with E-state index in [2.05, 4.69) is 15.0 Å². The number of sulfonamides is 1. The molecule has 0 aliphatic heterocycles. The highest BCUT2D eigenvalue weighted by molar-refractivity contribution is 7.90. The maximum atomic E-state index is 12.6. The van der Waals surface area contributed by atoms with Crippen molar-refractivity contribution in [2.75, 3.05) is 13.2 Å². The molecule has 0 aliphatic rings. The Morgan fingerprint density at radius 3 is 2.19 bits per heavy atom. The maximum Gasteiger partial charge on any atom is 0.515 e. The number of aromatic nitrogens is 1. The molecule has 0 unspecified atom stereocenters. The molecule has 10 nitrogen and oxygen atoms in total. The summed E-state index contributed by atoms with van der Waals surface area (Å²) in [4.78, 5) is 39.5. The van der Waals surface area contributed by atoms with E-state index in [-0.39, 0.29) is 28.9 Å². The second-order valence-electron chi connectivity index (χ2n) is 7.26. The lowest BCUT2D eigenvalue weighted by molar-refractivity contribution is 0.0950. The van der Waals surface area contributed by atoms with Crippen LogP contribution < -0.4 is 14.8 Å². The number of carbonyl (C=O) groups is 3. The van der Waals surface area contributed by atoms with Crippen LogP contribution in [-0.4, -0.2) is 44.5 Å². The van der Waals surface area contributed by atoms with Crippen molar-refractivity contribution in [1.29, 1.82) is 0 Å². The van der Waals surface area contributed by atoms with Crippen molar-refractivity contribution in [3.05, 3.63) is 88.6 Å². The molecule has 0 aliphatic carbocycles. The normalized spacial score (nSPS) is 10.8. The molecule has 3 rings (SSSR count). The van der Waals surface area contributed by atoms with Crippen LogP contribution in [-0.2, 0) is 21.2 Å². The smallest absolute Gasteiger partial charge is 0.434 e. The molecular weight excluding hydrogens is 510 g/mol. The summed E-state index contributed by atoms with van der Waals surface area (Å²) in [6, 6.07) is 14.9. The van der Waals surface area contributed by atoms with Gasteiger partial charge >= 0.3 is 6.16 Å². The Kier molecular flexibility index (Phi) is 8.98. The largest absolute Gasteiger partial charge is 0.515 e. The number of hydrogen-bond donors (Lipinski definition) is 2. The third-order valence-corrected chi connectivity index (χ3v) is 6.31. The Labute approximate surface area is 212 Å². The molecule has 0 radical (unpaired) electrons. The minimum Gasteiger partial charge on any atom is -0.434 e. The van der Waals surface area contributed by atoms with Crippen LogP contribution in [0.1, 0.15) is 33.2 Å². The summed E-state index contributed by atoms with van der Waals surface area (Å²) in [5.74, 6) is -1.25. The molecule has 2 amide bonds. The van der Waals surface area contributed by atoms with Gasteiger partial charge in [-0.1, -0.05) is 23.7 Å². The van der Waals surface area contributed by atoms with Gasteiger partial charge in [-0.3, -0.25) is 9.59 Å². The third-order valence-electron chi connectivity index (χ3n) is 4.71. The van der Waals surface area contributed by atoms with Crippen LogP contribution in [0.4, 0.5) is 4.79 Å². The lowest BCUT2D eigenvalue weighted by Crippen LogP contribution is -2.30. The molecule has 2 N–H and O–H groups in total. The number of carbonyl (C=O) groups excluding carboxylic acids is 3. The van der Waals surface area contributed by atoms with Gasteiger partial charge in [-0.05, 0) is 61.4 Å². The Balaban J connectivity index is 1.53. The zero-order valence-electron chi connectivity index (χ0n) is 19.1. The van der Waals surface area contributed by atoms with Gasteiger partial charge in [0.05, 0.1) is 17.1 Å². The molecule has 0 saturated carbocycles. The Morgan fingerprint density at radius 1 is 0.917 bits per heavy atom. The highest BCUT2D eigenvalue weighted by atomic mass is 35.5. The number of pyridine rings is 1. The molecule has 0 spiro atoms. The lowest BCUT2D eigenvalue weighted by atomic mass is 10.1. The molecule has 0 atom stereocenters. The lowest BCUT2D eigenvalue weighted by Gasteiger charge is -2.09. The van der Waals surface area contributed by atoms with E-state index in [0.717, 1.165) is 11.8 Å². The first-order chi connectivity index (χ1) is 17.2. The van der Waals surface area contributed by atoms with E-state index in [4.69, 9.17) is 16.3 Å². The van der Waals surface area contributed by atoms with E-state index in [0.29, 0.717) is 23.6 Å². The van der Waals surface area contributed by atoms with E-state index in [1.807, 2.05) is 4.72 Å². The van der Waals surface area contributed by atoms with E-state index in [1.165, 1.54) is 24.3 Å². The quantitative estimate of drug-likeness (QED) is 0.400. The molecule has 0 saturated heterocycles. The molecule has 1 aromatic heterocycles. The number of hydrogen-bond acceptors (Lipinski definition) is 8. The van der Waals surface area contributed by atoms with Crippen molar-refractivity contribution in [2.45, 2.75) is 18.2 Å². The van der Waals surface area contributed by atoms with Crippen LogP contribution in [0.25, 0.3) is 0 Å². The van der Waals surface area contributed by atoms with Gasteiger partial charge in [-0.2, -0.15) is 0 Å². The fourth-order valence-corrected chi connectivity index (χ4v) is 4.01. The van der Waals surface area contributed by atoms with Gasteiger partial charge in [0, 0.05) is 29.4 Å². The van der Waals surface area contributed by atoms with Gasteiger partial charge in [-0.25, -0.2) is 22.9 Å². The summed E-state index contributed by atoms with van der Waals surface area (Å²) in [5.41, 5.74) is 1.22. The van der Waals surface area contributed by atoms with Gasteiger partial charge < -0.3 is 14.8 Å². The maximum absolute atomic E-state index is 12.6. The summed E-state index contributed by atoms with van der Waals surface area (Å²) in [6.07, 6.45) is 0.593.